The van der Waals surface area contributed by atoms with Gasteiger partial charge in [-0.2, -0.15) is 0 Å². The van der Waals surface area contributed by atoms with Gasteiger partial charge in [0.15, 0.2) is 0 Å². The molecule has 0 amide bonds. The number of hydrogen-bond donors (Lipinski definition) is 2. The number of rotatable bonds is 6. The van der Waals surface area contributed by atoms with Crippen molar-refractivity contribution in [3.63, 3.8) is 0 Å². The van der Waals surface area contributed by atoms with Gasteiger partial charge < -0.3 is 10.4 Å². The van der Waals surface area contributed by atoms with Crippen molar-refractivity contribution in [1.82, 2.24) is 10.3 Å². The largest absolute Gasteiger partial charge is 0.481 e. The molecule has 5 heteroatoms. The minimum Gasteiger partial charge on any atom is -0.481 e. The molecule has 78 valence electrons. The highest BCUT2D eigenvalue weighted by molar-refractivity contribution is 7.09. The molecule has 14 heavy (non-hydrogen) atoms. The lowest BCUT2D eigenvalue weighted by atomic mass is 10.3. The number of aromatic nitrogens is 1. The number of carboxylic acids is 1. The average Bonchev–Trinajstić information content (AvgIpc) is 2.64. The van der Waals surface area contributed by atoms with Crippen LogP contribution in [-0.4, -0.2) is 22.6 Å². The first-order chi connectivity index (χ1) is 6.70. The molecule has 0 fully saturated rings. The zero-order valence-corrected chi connectivity index (χ0v) is 8.88. The van der Waals surface area contributed by atoms with Gasteiger partial charge in [-0.1, -0.05) is 0 Å². The molecule has 0 saturated carbocycles. The summed E-state index contributed by atoms with van der Waals surface area (Å²) in [7, 11) is 0. The van der Waals surface area contributed by atoms with E-state index in [1.165, 1.54) is 0 Å². The summed E-state index contributed by atoms with van der Waals surface area (Å²) in [6.45, 7) is 2.74. The first-order valence-corrected chi connectivity index (χ1v) is 5.42. The molecule has 0 aliphatic carbocycles. The van der Waals surface area contributed by atoms with Crippen molar-refractivity contribution >= 4 is 17.3 Å². The summed E-state index contributed by atoms with van der Waals surface area (Å²) in [5.74, 6) is -0.742. The lowest BCUT2D eigenvalue weighted by molar-refractivity contribution is -0.137. The van der Waals surface area contributed by atoms with Crippen LogP contribution in [-0.2, 0) is 4.79 Å². The Bertz CT molecular complexity index is 274. The van der Waals surface area contributed by atoms with Gasteiger partial charge in [-0.15, -0.1) is 11.3 Å². The Morgan fingerprint density at radius 3 is 3.14 bits per heavy atom. The zero-order valence-electron chi connectivity index (χ0n) is 8.06. The minimum atomic E-state index is -0.742. The van der Waals surface area contributed by atoms with Crippen LogP contribution in [0.4, 0.5) is 0 Å². The second-order valence-corrected chi connectivity index (χ2v) is 3.97. The predicted octanol–water partition coefficient (Wildman–Crippen LogP) is 1.66. The number of aliphatic carboxylic acids is 1. The van der Waals surface area contributed by atoms with Gasteiger partial charge in [-0.25, -0.2) is 4.98 Å². The van der Waals surface area contributed by atoms with E-state index in [9.17, 15) is 4.79 Å². The molecule has 1 rings (SSSR count). The number of carbonyl (C=O) groups is 1. The van der Waals surface area contributed by atoms with Crippen molar-refractivity contribution in [3.8, 4) is 0 Å². The Balaban J connectivity index is 2.16. The van der Waals surface area contributed by atoms with Gasteiger partial charge in [-0.05, 0) is 19.9 Å². The van der Waals surface area contributed by atoms with Crippen LogP contribution < -0.4 is 5.32 Å². The number of nitrogens with zero attached hydrogens (tertiary/aromatic N) is 1. The number of hydrogen-bond acceptors (Lipinski definition) is 4. The van der Waals surface area contributed by atoms with E-state index in [-0.39, 0.29) is 12.5 Å². The van der Waals surface area contributed by atoms with Crippen LogP contribution in [0.25, 0.3) is 0 Å². The van der Waals surface area contributed by atoms with E-state index in [0.29, 0.717) is 13.0 Å². The Hall–Kier alpha value is -0.940. The third-order valence-electron chi connectivity index (χ3n) is 1.84. The van der Waals surface area contributed by atoms with Crippen molar-refractivity contribution < 1.29 is 9.90 Å². The summed E-state index contributed by atoms with van der Waals surface area (Å²) >= 11 is 1.61. The summed E-state index contributed by atoms with van der Waals surface area (Å²) < 4.78 is 0. The molecule has 1 aromatic heterocycles. The summed E-state index contributed by atoms with van der Waals surface area (Å²) in [4.78, 5) is 14.4. The van der Waals surface area contributed by atoms with Gasteiger partial charge in [0.05, 0.1) is 6.04 Å². The van der Waals surface area contributed by atoms with Crippen LogP contribution >= 0.6 is 11.3 Å². The highest BCUT2D eigenvalue weighted by Gasteiger charge is 2.06. The summed E-state index contributed by atoms with van der Waals surface area (Å²) in [6, 6.07) is 0.212. The van der Waals surface area contributed by atoms with E-state index < -0.39 is 5.97 Å². The fraction of sp³-hybridized carbons (Fsp3) is 0.556. The van der Waals surface area contributed by atoms with Crippen LogP contribution in [0.1, 0.15) is 30.8 Å². The Labute approximate surface area is 87.0 Å². The Morgan fingerprint density at radius 2 is 2.57 bits per heavy atom. The molecule has 0 aliphatic heterocycles. The molecule has 0 saturated heterocycles. The lowest BCUT2D eigenvalue weighted by Gasteiger charge is -2.09. The predicted molar refractivity (Wildman–Crippen MR) is 55.4 cm³/mol. The maximum Gasteiger partial charge on any atom is 0.303 e. The maximum absolute atomic E-state index is 10.2. The standard InChI is InChI=1S/C9H14N2O2S/c1-7(9-11-5-6-14-9)10-4-2-3-8(12)13/h5-7,10H,2-4H2,1H3,(H,12,13). The zero-order chi connectivity index (χ0) is 10.4. The fourth-order valence-electron chi connectivity index (χ4n) is 1.09. The highest BCUT2D eigenvalue weighted by Crippen LogP contribution is 2.14. The van der Waals surface area contributed by atoms with E-state index in [1.54, 1.807) is 17.5 Å². The summed E-state index contributed by atoms with van der Waals surface area (Å²) in [5, 5.41) is 14.6. The summed E-state index contributed by atoms with van der Waals surface area (Å²) in [6.07, 6.45) is 2.65. The monoisotopic (exact) mass is 214 g/mol. The van der Waals surface area contributed by atoms with E-state index in [4.69, 9.17) is 5.11 Å². The third-order valence-corrected chi connectivity index (χ3v) is 2.80. The molecule has 1 atom stereocenters. The first kappa shape index (κ1) is 11.1. The third kappa shape index (κ3) is 3.85. The van der Waals surface area contributed by atoms with Crippen molar-refractivity contribution in [3.05, 3.63) is 16.6 Å². The topological polar surface area (TPSA) is 62.2 Å². The summed E-state index contributed by atoms with van der Waals surface area (Å²) in [5.41, 5.74) is 0. The molecule has 1 heterocycles. The Kier molecular flexibility index (Phi) is 4.55. The highest BCUT2D eigenvalue weighted by atomic mass is 32.1. The molecule has 0 bridgehead atoms. The molecule has 1 aromatic rings. The normalized spacial score (nSPS) is 12.6. The second-order valence-electron chi connectivity index (χ2n) is 3.04. The Morgan fingerprint density at radius 1 is 1.79 bits per heavy atom. The molecule has 0 radical (unpaired) electrons. The van der Waals surface area contributed by atoms with Gasteiger partial charge >= 0.3 is 5.97 Å². The number of thiazole rings is 1. The van der Waals surface area contributed by atoms with Gasteiger partial charge in [0.2, 0.25) is 0 Å². The SMILES string of the molecule is CC(NCCCC(=O)O)c1nccs1. The molecular weight excluding hydrogens is 200 g/mol. The van der Waals surface area contributed by atoms with E-state index in [0.717, 1.165) is 5.01 Å². The van der Waals surface area contributed by atoms with Crippen LogP contribution in [0, 0.1) is 0 Å². The quantitative estimate of drug-likeness (QED) is 0.707. The second kappa shape index (κ2) is 5.72. The van der Waals surface area contributed by atoms with Crippen LogP contribution in [0.3, 0.4) is 0 Å². The van der Waals surface area contributed by atoms with Crippen LogP contribution in [0.5, 0.6) is 0 Å². The molecular formula is C9H14N2O2S. The molecule has 4 nitrogen and oxygen atoms in total. The number of carboxylic acid groups (broad SMARTS) is 1. The lowest BCUT2D eigenvalue weighted by Crippen LogP contribution is -2.20. The van der Waals surface area contributed by atoms with E-state index >= 15 is 0 Å². The maximum atomic E-state index is 10.2. The fourth-order valence-corrected chi connectivity index (χ4v) is 1.76. The van der Waals surface area contributed by atoms with E-state index in [1.807, 2.05) is 12.3 Å². The molecule has 0 spiro atoms. The van der Waals surface area contributed by atoms with Crippen molar-refractivity contribution in [1.29, 1.82) is 0 Å². The van der Waals surface area contributed by atoms with Crippen LogP contribution in [0.2, 0.25) is 0 Å². The van der Waals surface area contributed by atoms with Crippen molar-refractivity contribution in [2.24, 2.45) is 0 Å². The van der Waals surface area contributed by atoms with Gasteiger partial charge in [0.1, 0.15) is 5.01 Å². The molecule has 0 aromatic carbocycles. The molecule has 2 N–H and O–H groups in total. The smallest absolute Gasteiger partial charge is 0.303 e. The molecule has 0 aliphatic rings. The molecule has 1 unspecified atom stereocenters. The van der Waals surface area contributed by atoms with Gasteiger partial charge in [0, 0.05) is 18.0 Å². The average molecular weight is 214 g/mol. The van der Waals surface area contributed by atoms with Gasteiger partial charge in [0.25, 0.3) is 0 Å². The van der Waals surface area contributed by atoms with Gasteiger partial charge in [-0.3, -0.25) is 4.79 Å². The number of nitrogens with one attached hydrogen (secondary N) is 1. The first-order valence-electron chi connectivity index (χ1n) is 4.54. The van der Waals surface area contributed by atoms with Crippen molar-refractivity contribution in [2.75, 3.05) is 6.54 Å². The van der Waals surface area contributed by atoms with Crippen LogP contribution in [0.15, 0.2) is 11.6 Å². The van der Waals surface area contributed by atoms with Crippen molar-refractivity contribution in [2.45, 2.75) is 25.8 Å². The van der Waals surface area contributed by atoms with E-state index in [2.05, 4.69) is 10.3 Å². The minimum absolute atomic E-state index is 0.212.